The highest BCUT2D eigenvalue weighted by Crippen LogP contribution is 2.21. The maximum atomic E-state index is 11.1. The van der Waals surface area contributed by atoms with Crippen LogP contribution in [-0.2, 0) is 15.3 Å². The molecule has 0 saturated heterocycles. The van der Waals surface area contributed by atoms with Crippen molar-refractivity contribution in [1.29, 1.82) is 0 Å². The number of rotatable bonds is 6. The molecule has 94 valence electrons. The molecular weight excluding hydrogens is 244 g/mol. The predicted octanol–water partition coefficient (Wildman–Crippen LogP) is 2.16. The fourth-order valence-corrected chi connectivity index (χ4v) is 2.06. The zero-order valence-corrected chi connectivity index (χ0v) is 10.5. The van der Waals surface area contributed by atoms with E-state index in [1.165, 1.54) is 18.9 Å². The van der Waals surface area contributed by atoms with Crippen molar-refractivity contribution < 1.29 is 23.8 Å². The maximum Gasteiger partial charge on any atom is 0.373 e. The summed E-state index contributed by atoms with van der Waals surface area (Å²) in [5, 5.41) is 8.59. The molecule has 5 nitrogen and oxygen atoms in total. The summed E-state index contributed by atoms with van der Waals surface area (Å²) in [6.45, 7) is 1.84. The van der Waals surface area contributed by atoms with E-state index in [4.69, 9.17) is 9.52 Å². The molecule has 1 rings (SSSR count). The monoisotopic (exact) mass is 258 g/mol. The van der Waals surface area contributed by atoms with Gasteiger partial charge in [-0.25, -0.2) is 4.79 Å². The third-order valence-electron chi connectivity index (χ3n) is 2.02. The summed E-state index contributed by atoms with van der Waals surface area (Å²) in [5.74, 6) is -0.00742. The molecule has 1 aromatic rings. The second kappa shape index (κ2) is 6.34. The first-order valence-electron chi connectivity index (χ1n) is 5.03. The van der Waals surface area contributed by atoms with Gasteiger partial charge in [0, 0.05) is 5.25 Å². The van der Waals surface area contributed by atoms with E-state index >= 15 is 0 Å². The van der Waals surface area contributed by atoms with Crippen LogP contribution in [0.1, 0.15) is 29.7 Å². The highest BCUT2D eigenvalue weighted by atomic mass is 32.2. The molecule has 0 aliphatic carbocycles. The average molecular weight is 258 g/mol. The van der Waals surface area contributed by atoms with Gasteiger partial charge in [0.1, 0.15) is 5.76 Å². The number of methoxy groups -OCH3 is 1. The molecule has 0 spiro atoms. The summed E-state index contributed by atoms with van der Waals surface area (Å²) >= 11 is 1.46. The van der Waals surface area contributed by atoms with E-state index in [2.05, 4.69) is 4.74 Å². The van der Waals surface area contributed by atoms with Gasteiger partial charge in [-0.2, -0.15) is 11.8 Å². The highest BCUT2D eigenvalue weighted by molar-refractivity contribution is 7.99. The summed E-state index contributed by atoms with van der Waals surface area (Å²) in [6, 6.07) is 3.23. The van der Waals surface area contributed by atoms with Crippen LogP contribution in [0.3, 0.4) is 0 Å². The Morgan fingerprint density at radius 2 is 2.24 bits per heavy atom. The lowest BCUT2D eigenvalue weighted by atomic mass is 10.3. The highest BCUT2D eigenvalue weighted by Gasteiger charge is 2.13. The maximum absolute atomic E-state index is 11.1. The Labute approximate surface area is 103 Å². The van der Waals surface area contributed by atoms with E-state index < -0.39 is 11.9 Å². The van der Waals surface area contributed by atoms with Gasteiger partial charge in [-0.3, -0.25) is 4.79 Å². The molecule has 0 radical (unpaired) electrons. The van der Waals surface area contributed by atoms with Gasteiger partial charge >= 0.3 is 11.9 Å². The molecule has 6 heteroatoms. The second-order valence-corrected chi connectivity index (χ2v) is 4.90. The molecule has 0 saturated carbocycles. The standard InChI is InChI=1S/C11H14O5S/c1-7(5-10(12)13)17-6-8-3-4-9(16-8)11(14)15-2/h3-4,7H,5-6H2,1-2H3,(H,12,13). The Bertz CT molecular complexity index is 398. The van der Waals surface area contributed by atoms with Crippen LogP contribution >= 0.6 is 11.8 Å². The molecule has 1 N–H and O–H groups in total. The predicted molar refractivity (Wildman–Crippen MR) is 63.1 cm³/mol. The Morgan fingerprint density at radius 1 is 1.53 bits per heavy atom. The average Bonchev–Trinajstić information content (AvgIpc) is 2.73. The summed E-state index contributed by atoms with van der Waals surface area (Å²) < 4.78 is 9.76. The minimum Gasteiger partial charge on any atom is -0.481 e. The first-order valence-corrected chi connectivity index (χ1v) is 6.08. The third-order valence-corrected chi connectivity index (χ3v) is 3.21. The van der Waals surface area contributed by atoms with Crippen LogP contribution in [0.25, 0.3) is 0 Å². The van der Waals surface area contributed by atoms with Crippen LogP contribution in [-0.4, -0.2) is 29.4 Å². The number of furan rings is 1. The molecule has 0 amide bonds. The van der Waals surface area contributed by atoms with Crippen molar-refractivity contribution in [2.24, 2.45) is 0 Å². The van der Waals surface area contributed by atoms with Gasteiger partial charge in [0.05, 0.1) is 19.3 Å². The molecule has 1 heterocycles. The SMILES string of the molecule is COC(=O)c1ccc(CSC(C)CC(=O)O)o1. The molecule has 17 heavy (non-hydrogen) atoms. The van der Waals surface area contributed by atoms with Gasteiger partial charge in [0.2, 0.25) is 5.76 Å². The minimum absolute atomic E-state index is 0.000762. The van der Waals surface area contributed by atoms with Gasteiger partial charge < -0.3 is 14.3 Å². The second-order valence-electron chi connectivity index (χ2n) is 3.48. The quantitative estimate of drug-likeness (QED) is 0.788. The molecule has 0 aliphatic rings. The molecule has 0 fully saturated rings. The van der Waals surface area contributed by atoms with Crippen LogP contribution in [0.15, 0.2) is 16.5 Å². The number of carboxylic acid groups (broad SMARTS) is 1. The van der Waals surface area contributed by atoms with E-state index in [9.17, 15) is 9.59 Å². The molecule has 1 unspecified atom stereocenters. The van der Waals surface area contributed by atoms with Crippen LogP contribution < -0.4 is 0 Å². The zero-order valence-electron chi connectivity index (χ0n) is 9.63. The fraction of sp³-hybridized carbons (Fsp3) is 0.455. The molecule has 1 aromatic heterocycles. The molecular formula is C11H14O5S. The number of thioether (sulfide) groups is 1. The molecule has 0 aromatic carbocycles. The van der Waals surface area contributed by atoms with Crippen molar-refractivity contribution in [3.8, 4) is 0 Å². The van der Waals surface area contributed by atoms with Crippen molar-refractivity contribution in [2.75, 3.05) is 7.11 Å². The smallest absolute Gasteiger partial charge is 0.373 e. The Morgan fingerprint density at radius 3 is 2.82 bits per heavy atom. The fourth-order valence-electron chi connectivity index (χ4n) is 1.20. The number of carboxylic acids is 1. The molecule has 0 aliphatic heterocycles. The van der Waals surface area contributed by atoms with Crippen molar-refractivity contribution in [2.45, 2.75) is 24.3 Å². The number of aliphatic carboxylic acids is 1. The number of ether oxygens (including phenoxy) is 1. The number of hydrogen-bond acceptors (Lipinski definition) is 5. The van der Waals surface area contributed by atoms with Crippen LogP contribution in [0, 0.1) is 0 Å². The van der Waals surface area contributed by atoms with Gasteiger partial charge in [0.25, 0.3) is 0 Å². The molecule has 1 atom stereocenters. The van der Waals surface area contributed by atoms with E-state index in [0.29, 0.717) is 11.5 Å². The number of hydrogen-bond donors (Lipinski definition) is 1. The van der Waals surface area contributed by atoms with Crippen LogP contribution in [0.2, 0.25) is 0 Å². The number of carbonyl (C=O) groups excluding carboxylic acids is 1. The zero-order chi connectivity index (χ0) is 12.8. The Balaban J connectivity index is 2.44. The van der Waals surface area contributed by atoms with E-state index in [-0.39, 0.29) is 17.4 Å². The van der Waals surface area contributed by atoms with E-state index in [0.717, 1.165) is 0 Å². The van der Waals surface area contributed by atoms with E-state index in [1.807, 2.05) is 6.92 Å². The van der Waals surface area contributed by atoms with Crippen LogP contribution in [0.4, 0.5) is 0 Å². The van der Waals surface area contributed by atoms with Crippen LogP contribution in [0.5, 0.6) is 0 Å². The minimum atomic E-state index is -0.820. The van der Waals surface area contributed by atoms with Crippen molar-refractivity contribution >= 4 is 23.7 Å². The summed E-state index contributed by atoms with van der Waals surface area (Å²) in [7, 11) is 1.29. The Hall–Kier alpha value is -1.43. The van der Waals surface area contributed by atoms with Crippen molar-refractivity contribution in [1.82, 2.24) is 0 Å². The van der Waals surface area contributed by atoms with Gasteiger partial charge in [-0.1, -0.05) is 6.92 Å². The van der Waals surface area contributed by atoms with Gasteiger partial charge in [0.15, 0.2) is 0 Å². The molecule has 0 bridgehead atoms. The number of carbonyl (C=O) groups is 2. The van der Waals surface area contributed by atoms with Gasteiger partial charge in [-0.15, -0.1) is 0 Å². The Kier molecular flexibility index (Phi) is 5.09. The summed E-state index contributed by atoms with van der Waals surface area (Å²) in [5.41, 5.74) is 0. The largest absolute Gasteiger partial charge is 0.481 e. The lowest BCUT2D eigenvalue weighted by molar-refractivity contribution is -0.136. The third kappa shape index (κ3) is 4.52. The first-order chi connectivity index (χ1) is 8.02. The lowest BCUT2D eigenvalue weighted by Gasteiger charge is -2.06. The van der Waals surface area contributed by atoms with Gasteiger partial charge in [-0.05, 0) is 12.1 Å². The van der Waals surface area contributed by atoms with Crippen molar-refractivity contribution in [3.05, 3.63) is 23.7 Å². The topological polar surface area (TPSA) is 76.7 Å². The first kappa shape index (κ1) is 13.6. The summed E-state index contributed by atoms with van der Waals surface area (Å²) in [4.78, 5) is 21.6. The number of esters is 1. The van der Waals surface area contributed by atoms with Crippen molar-refractivity contribution in [3.63, 3.8) is 0 Å². The lowest BCUT2D eigenvalue weighted by Crippen LogP contribution is -2.05. The summed E-state index contributed by atoms with van der Waals surface area (Å²) in [6.07, 6.45) is 0.106. The van der Waals surface area contributed by atoms with E-state index in [1.54, 1.807) is 12.1 Å². The normalized spacial score (nSPS) is 12.1.